The molecule has 12 heavy (non-hydrogen) atoms. The number of carboxylic acids is 1. The summed E-state index contributed by atoms with van der Waals surface area (Å²) in [5, 5.41) is 22.7. The van der Waals surface area contributed by atoms with Gasteiger partial charge in [-0.1, -0.05) is 6.58 Å². The molecular weight excluding hydrogens is 162 g/mol. The van der Waals surface area contributed by atoms with E-state index in [1.54, 1.807) is 13.8 Å². The van der Waals surface area contributed by atoms with Gasteiger partial charge in [0.2, 0.25) is 0 Å². The third-order valence-corrected chi connectivity index (χ3v) is 0.175. The van der Waals surface area contributed by atoms with Gasteiger partial charge >= 0.3 is 5.97 Å². The minimum atomic E-state index is -0.981. The molecule has 0 aliphatic heterocycles. The Balaban J connectivity index is -0.0000000406. The standard InChI is InChI=1S/C3H4O2.2C2H6O.H3N/c1-2-3(4)5;2*1-2-3;/h2H,1H2,(H,4,5);2*3H,2H2,1H3;1H3. The van der Waals surface area contributed by atoms with Crippen LogP contribution < -0.4 is 6.15 Å². The molecule has 6 N–H and O–H groups in total. The monoisotopic (exact) mass is 181 g/mol. The third kappa shape index (κ3) is 501. The number of carboxylic acid groups (broad SMARTS) is 1. The Hall–Kier alpha value is -0.910. The maximum Gasteiger partial charge on any atom is 0.327 e. The molecule has 0 aromatic heterocycles. The zero-order valence-electron chi connectivity index (χ0n) is 7.66. The van der Waals surface area contributed by atoms with E-state index in [-0.39, 0.29) is 19.4 Å². The molecule has 5 heteroatoms. The molecule has 0 bridgehead atoms. The molecule has 0 heterocycles. The van der Waals surface area contributed by atoms with E-state index in [4.69, 9.17) is 15.3 Å². The second-order valence-electron chi connectivity index (χ2n) is 1.17. The highest BCUT2D eigenvalue weighted by Gasteiger charge is 1.73. The molecule has 5 nitrogen and oxygen atoms in total. The average molecular weight is 181 g/mol. The second kappa shape index (κ2) is 32.2. The molecule has 0 aliphatic rings. The van der Waals surface area contributed by atoms with Crippen molar-refractivity contribution in [3.05, 3.63) is 12.7 Å². The third-order valence-electron chi connectivity index (χ3n) is 0.175. The van der Waals surface area contributed by atoms with Crippen LogP contribution in [0.15, 0.2) is 12.7 Å². The quantitative estimate of drug-likeness (QED) is 0.438. The van der Waals surface area contributed by atoms with Gasteiger partial charge in [-0.05, 0) is 13.8 Å². The molecular formula is C7H19NO4. The van der Waals surface area contributed by atoms with Crippen LogP contribution in [0.1, 0.15) is 13.8 Å². The van der Waals surface area contributed by atoms with E-state index in [1.165, 1.54) is 0 Å². The van der Waals surface area contributed by atoms with Gasteiger partial charge in [0, 0.05) is 19.3 Å². The Bertz CT molecular complexity index is 83.5. The lowest BCUT2D eigenvalue weighted by molar-refractivity contribution is -0.131. The summed E-state index contributed by atoms with van der Waals surface area (Å²) in [6.45, 7) is 6.82. The molecule has 0 fully saturated rings. The van der Waals surface area contributed by atoms with Crippen molar-refractivity contribution < 1.29 is 20.1 Å². The first-order valence-corrected chi connectivity index (χ1v) is 3.17. The maximum absolute atomic E-state index is 9.25. The molecule has 0 rings (SSSR count). The lowest BCUT2D eigenvalue weighted by Crippen LogP contribution is -1.82. The first kappa shape index (κ1) is 22.5. The van der Waals surface area contributed by atoms with E-state index in [2.05, 4.69) is 6.58 Å². The summed E-state index contributed by atoms with van der Waals surface area (Å²) in [4.78, 5) is 9.25. The van der Waals surface area contributed by atoms with Gasteiger partial charge in [0.05, 0.1) is 0 Å². The van der Waals surface area contributed by atoms with Gasteiger partial charge in [0.25, 0.3) is 0 Å². The van der Waals surface area contributed by atoms with Crippen molar-refractivity contribution in [3.63, 3.8) is 0 Å². The molecule has 0 aliphatic carbocycles. The topological polar surface area (TPSA) is 113 Å². The normalized spacial score (nSPS) is 5.67. The fraction of sp³-hybridized carbons (Fsp3) is 0.571. The van der Waals surface area contributed by atoms with Gasteiger partial charge in [-0.2, -0.15) is 0 Å². The molecule has 76 valence electrons. The predicted molar refractivity (Wildman–Crippen MR) is 48.4 cm³/mol. The molecule has 0 spiro atoms. The van der Waals surface area contributed by atoms with Crippen LogP contribution in [0.5, 0.6) is 0 Å². The number of hydrogen-bond donors (Lipinski definition) is 4. The molecule has 0 saturated heterocycles. The van der Waals surface area contributed by atoms with Crippen molar-refractivity contribution in [2.75, 3.05) is 13.2 Å². The SMILES string of the molecule is C=CC(=O)O.CCO.CCO.N. The van der Waals surface area contributed by atoms with Crippen LogP contribution in [-0.2, 0) is 4.79 Å². The van der Waals surface area contributed by atoms with Crippen LogP contribution in [0.2, 0.25) is 0 Å². The Morgan fingerprint density at radius 3 is 1.42 bits per heavy atom. The van der Waals surface area contributed by atoms with Crippen molar-refractivity contribution in [1.29, 1.82) is 0 Å². The van der Waals surface area contributed by atoms with E-state index >= 15 is 0 Å². The fourth-order valence-electron chi connectivity index (χ4n) is 0. The summed E-state index contributed by atoms with van der Waals surface area (Å²) in [5.74, 6) is -0.981. The van der Waals surface area contributed by atoms with E-state index in [1.807, 2.05) is 0 Å². The van der Waals surface area contributed by atoms with Gasteiger partial charge in [0.15, 0.2) is 0 Å². The summed E-state index contributed by atoms with van der Waals surface area (Å²) in [5.41, 5.74) is 0. The van der Waals surface area contributed by atoms with Crippen LogP contribution >= 0.6 is 0 Å². The highest BCUT2D eigenvalue weighted by atomic mass is 16.4. The summed E-state index contributed by atoms with van der Waals surface area (Å²) < 4.78 is 0. The van der Waals surface area contributed by atoms with Crippen LogP contribution in [-0.4, -0.2) is 34.5 Å². The van der Waals surface area contributed by atoms with E-state index < -0.39 is 5.97 Å². The van der Waals surface area contributed by atoms with Gasteiger partial charge in [-0.25, -0.2) is 4.79 Å². The van der Waals surface area contributed by atoms with Crippen molar-refractivity contribution in [2.24, 2.45) is 0 Å². The van der Waals surface area contributed by atoms with Gasteiger partial charge < -0.3 is 21.5 Å². The largest absolute Gasteiger partial charge is 0.478 e. The summed E-state index contributed by atoms with van der Waals surface area (Å²) in [6.07, 6.45) is 0.833. The maximum atomic E-state index is 9.25. The van der Waals surface area contributed by atoms with Crippen LogP contribution in [0.25, 0.3) is 0 Å². The van der Waals surface area contributed by atoms with Crippen LogP contribution in [0, 0.1) is 0 Å². The molecule has 0 unspecified atom stereocenters. The first-order chi connectivity index (χ1) is 5.10. The molecule has 0 saturated carbocycles. The first-order valence-electron chi connectivity index (χ1n) is 3.17. The molecule has 0 atom stereocenters. The Morgan fingerprint density at radius 2 is 1.42 bits per heavy atom. The van der Waals surface area contributed by atoms with E-state index in [0.29, 0.717) is 0 Å². The number of aliphatic carboxylic acids is 1. The lowest BCUT2D eigenvalue weighted by Gasteiger charge is -1.64. The smallest absolute Gasteiger partial charge is 0.327 e. The summed E-state index contributed by atoms with van der Waals surface area (Å²) in [6, 6.07) is 0. The zero-order chi connectivity index (χ0) is 9.70. The second-order valence-corrected chi connectivity index (χ2v) is 1.17. The van der Waals surface area contributed by atoms with Crippen molar-refractivity contribution in [2.45, 2.75) is 13.8 Å². The number of carbonyl (C=O) groups is 1. The Kier molecular flexibility index (Phi) is 60.2. The molecule has 0 aromatic carbocycles. The Labute approximate surface area is 72.9 Å². The predicted octanol–water partition coefficient (Wildman–Crippen LogP) is 0.416. The van der Waals surface area contributed by atoms with Gasteiger partial charge in [0.1, 0.15) is 0 Å². The minimum Gasteiger partial charge on any atom is -0.478 e. The van der Waals surface area contributed by atoms with E-state index in [0.717, 1.165) is 6.08 Å². The van der Waals surface area contributed by atoms with Crippen molar-refractivity contribution in [1.82, 2.24) is 6.15 Å². The Morgan fingerprint density at radius 1 is 1.33 bits per heavy atom. The number of aliphatic hydroxyl groups excluding tert-OH is 2. The number of rotatable bonds is 1. The van der Waals surface area contributed by atoms with Crippen molar-refractivity contribution in [3.8, 4) is 0 Å². The summed E-state index contributed by atoms with van der Waals surface area (Å²) in [7, 11) is 0. The number of hydrogen-bond acceptors (Lipinski definition) is 4. The zero-order valence-corrected chi connectivity index (χ0v) is 7.66. The lowest BCUT2D eigenvalue weighted by atomic mass is 10.7. The minimum absolute atomic E-state index is 0. The molecule has 0 aromatic rings. The molecule has 0 radical (unpaired) electrons. The van der Waals surface area contributed by atoms with Crippen LogP contribution in [0.4, 0.5) is 0 Å². The highest BCUT2D eigenvalue weighted by Crippen LogP contribution is 1.54. The van der Waals surface area contributed by atoms with E-state index in [9.17, 15) is 4.79 Å². The summed E-state index contributed by atoms with van der Waals surface area (Å²) >= 11 is 0. The van der Waals surface area contributed by atoms with Gasteiger partial charge in [-0.3, -0.25) is 0 Å². The molecule has 0 amide bonds. The number of aliphatic hydroxyl groups is 2. The highest BCUT2D eigenvalue weighted by molar-refractivity contribution is 5.78. The average Bonchev–Trinajstić information content (AvgIpc) is 1.91. The van der Waals surface area contributed by atoms with Gasteiger partial charge in [-0.15, -0.1) is 0 Å². The van der Waals surface area contributed by atoms with Crippen LogP contribution in [0.3, 0.4) is 0 Å². The van der Waals surface area contributed by atoms with Crippen molar-refractivity contribution >= 4 is 5.97 Å². The fourth-order valence-corrected chi connectivity index (χ4v) is 0.